The van der Waals surface area contributed by atoms with Gasteiger partial charge < -0.3 is 8.98 Å². The van der Waals surface area contributed by atoms with Gasteiger partial charge in [0.2, 0.25) is 0 Å². The van der Waals surface area contributed by atoms with Gasteiger partial charge in [0.25, 0.3) is 5.56 Å². The van der Waals surface area contributed by atoms with Crippen LogP contribution in [0, 0.1) is 0 Å². The van der Waals surface area contributed by atoms with Crippen molar-refractivity contribution in [3.05, 3.63) is 89.3 Å². The number of rotatable bonds is 3. The Morgan fingerprint density at radius 2 is 1.59 bits per heavy atom. The van der Waals surface area contributed by atoms with E-state index in [2.05, 4.69) is 36.6 Å². The van der Waals surface area contributed by atoms with Gasteiger partial charge in [-0.05, 0) is 35.9 Å². The Bertz CT molecular complexity index is 1410. The fourth-order valence-corrected chi connectivity index (χ4v) is 4.30. The third-order valence-corrected chi connectivity index (χ3v) is 5.97. The number of nitrogens with zero attached hydrogens (tertiary/aromatic N) is 1. The molecule has 5 aromatic rings. The zero-order chi connectivity index (χ0) is 20.0. The number of furan rings is 1. The lowest BCUT2D eigenvalue weighted by atomic mass is 9.99. The molecule has 0 spiro atoms. The van der Waals surface area contributed by atoms with Gasteiger partial charge in [-0.15, -0.1) is 11.8 Å². The topological polar surface area (TPSA) is 35.1 Å². The van der Waals surface area contributed by atoms with Crippen molar-refractivity contribution in [3.8, 4) is 22.5 Å². The molecule has 5 rings (SSSR count). The molecule has 2 heterocycles. The van der Waals surface area contributed by atoms with Crippen molar-refractivity contribution >= 4 is 33.5 Å². The highest BCUT2D eigenvalue weighted by Gasteiger charge is 2.16. The van der Waals surface area contributed by atoms with Crippen LogP contribution in [0.5, 0.6) is 0 Å². The Kier molecular flexibility index (Phi) is 4.29. The van der Waals surface area contributed by atoms with Crippen LogP contribution in [-0.2, 0) is 7.05 Å². The molecule has 3 aromatic carbocycles. The second-order valence-electron chi connectivity index (χ2n) is 7.07. The molecule has 0 saturated heterocycles. The zero-order valence-electron chi connectivity index (χ0n) is 16.2. The Morgan fingerprint density at radius 3 is 2.34 bits per heavy atom. The van der Waals surface area contributed by atoms with E-state index >= 15 is 0 Å². The second kappa shape index (κ2) is 6.98. The predicted molar refractivity (Wildman–Crippen MR) is 122 cm³/mol. The summed E-state index contributed by atoms with van der Waals surface area (Å²) < 4.78 is 8.01. The molecule has 0 aliphatic heterocycles. The fourth-order valence-electron chi connectivity index (χ4n) is 3.82. The van der Waals surface area contributed by atoms with Crippen molar-refractivity contribution in [2.24, 2.45) is 7.05 Å². The Morgan fingerprint density at radius 1 is 0.862 bits per heavy atom. The van der Waals surface area contributed by atoms with Gasteiger partial charge in [-0.25, -0.2) is 0 Å². The molecular weight excluding hydrogens is 378 g/mol. The average Bonchev–Trinajstić information content (AvgIpc) is 3.20. The summed E-state index contributed by atoms with van der Waals surface area (Å²) in [7, 11) is 1.80. The van der Waals surface area contributed by atoms with Crippen LogP contribution in [0.1, 0.15) is 0 Å². The lowest BCUT2D eigenvalue weighted by molar-refractivity contribution is 0.632. The number of thioether (sulfide) groups is 1. The molecule has 0 bridgehead atoms. The average molecular weight is 397 g/mol. The van der Waals surface area contributed by atoms with Crippen LogP contribution in [0.3, 0.4) is 0 Å². The first-order chi connectivity index (χ1) is 14.2. The summed E-state index contributed by atoms with van der Waals surface area (Å²) in [6.07, 6.45) is 3.98. The van der Waals surface area contributed by atoms with E-state index in [9.17, 15) is 4.79 Å². The molecule has 0 aliphatic carbocycles. The minimum absolute atomic E-state index is 0.00559. The summed E-state index contributed by atoms with van der Waals surface area (Å²) in [4.78, 5) is 13.8. The predicted octanol–water partition coefficient (Wildman–Crippen LogP) is 6.34. The molecule has 0 aliphatic rings. The van der Waals surface area contributed by atoms with Crippen LogP contribution in [0.15, 0.2) is 93.1 Å². The Balaban J connectivity index is 1.86. The number of hydrogen-bond acceptors (Lipinski definition) is 3. The maximum absolute atomic E-state index is 12.6. The van der Waals surface area contributed by atoms with Gasteiger partial charge in [0.15, 0.2) is 0 Å². The number of aromatic nitrogens is 1. The normalized spacial score (nSPS) is 11.4. The maximum atomic E-state index is 12.6. The minimum atomic E-state index is 0.00559. The molecule has 142 valence electrons. The molecule has 3 nitrogen and oxygen atoms in total. The lowest BCUT2D eigenvalue weighted by Gasteiger charge is -2.11. The number of benzene rings is 3. The molecule has 29 heavy (non-hydrogen) atoms. The Labute approximate surface area is 172 Å². The van der Waals surface area contributed by atoms with Crippen LogP contribution < -0.4 is 5.56 Å². The molecule has 0 radical (unpaired) electrons. The van der Waals surface area contributed by atoms with E-state index in [1.807, 2.05) is 48.7 Å². The van der Waals surface area contributed by atoms with E-state index in [0.29, 0.717) is 5.39 Å². The largest absolute Gasteiger partial charge is 0.455 e. The zero-order valence-corrected chi connectivity index (χ0v) is 17.0. The standard InChI is InChI=1S/C25H19NO2S/c1-26-15-22(19-10-6-7-11-20(19)25(26)27)21-14-18(29-2)12-17-13-23(28-24(17)21)16-8-4-3-5-9-16/h3-15H,1-2H3. The molecule has 0 fully saturated rings. The smallest absolute Gasteiger partial charge is 0.258 e. The fraction of sp³-hybridized carbons (Fsp3) is 0.0800. The quantitative estimate of drug-likeness (QED) is 0.333. The van der Waals surface area contributed by atoms with Crippen molar-refractivity contribution in [1.29, 1.82) is 0 Å². The SMILES string of the molecule is CSc1cc(-c2cn(C)c(=O)c3ccccc23)c2oc(-c3ccccc3)cc2c1. The molecular formula is C25H19NO2S. The monoisotopic (exact) mass is 397 g/mol. The summed E-state index contributed by atoms with van der Waals surface area (Å²) in [6, 6.07) is 24.3. The number of fused-ring (bicyclic) bond motifs is 2. The van der Waals surface area contributed by atoms with Gasteiger partial charge in [0, 0.05) is 45.6 Å². The highest BCUT2D eigenvalue weighted by Crippen LogP contribution is 2.39. The van der Waals surface area contributed by atoms with Gasteiger partial charge in [0.1, 0.15) is 11.3 Å². The van der Waals surface area contributed by atoms with E-state index in [4.69, 9.17) is 4.42 Å². The summed E-state index contributed by atoms with van der Waals surface area (Å²) in [5.41, 5.74) is 3.89. The van der Waals surface area contributed by atoms with Gasteiger partial charge in [0.05, 0.1) is 0 Å². The second-order valence-corrected chi connectivity index (χ2v) is 7.95. The van der Waals surface area contributed by atoms with E-state index in [1.54, 1.807) is 23.4 Å². The molecule has 0 amide bonds. The summed E-state index contributed by atoms with van der Waals surface area (Å²) in [5, 5.41) is 2.71. The van der Waals surface area contributed by atoms with Gasteiger partial charge in [-0.1, -0.05) is 48.5 Å². The van der Waals surface area contributed by atoms with Crippen molar-refractivity contribution in [3.63, 3.8) is 0 Å². The molecule has 4 heteroatoms. The molecule has 0 unspecified atom stereocenters. The van der Waals surface area contributed by atoms with E-state index < -0.39 is 0 Å². The van der Waals surface area contributed by atoms with Gasteiger partial charge in [-0.2, -0.15) is 0 Å². The third kappa shape index (κ3) is 2.97. The molecule has 0 atom stereocenters. The van der Waals surface area contributed by atoms with Crippen LogP contribution >= 0.6 is 11.8 Å². The summed E-state index contributed by atoms with van der Waals surface area (Å²) in [5.74, 6) is 0.842. The van der Waals surface area contributed by atoms with Gasteiger partial charge in [-0.3, -0.25) is 4.79 Å². The van der Waals surface area contributed by atoms with Crippen molar-refractivity contribution < 1.29 is 4.42 Å². The maximum Gasteiger partial charge on any atom is 0.258 e. The van der Waals surface area contributed by atoms with Crippen LogP contribution in [0.4, 0.5) is 0 Å². The third-order valence-electron chi connectivity index (χ3n) is 5.26. The molecule has 2 aromatic heterocycles. The van der Waals surface area contributed by atoms with Gasteiger partial charge >= 0.3 is 0 Å². The lowest BCUT2D eigenvalue weighted by Crippen LogP contribution is -2.16. The first kappa shape index (κ1) is 17.8. The van der Waals surface area contributed by atoms with Crippen LogP contribution in [0.25, 0.3) is 44.2 Å². The van der Waals surface area contributed by atoms with E-state index in [-0.39, 0.29) is 5.56 Å². The van der Waals surface area contributed by atoms with Crippen LogP contribution in [0.2, 0.25) is 0 Å². The Hall–Kier alpha value is -3.24. The number of aryl methyl sites for hydroxylation is 1. The summed E-state index contributed by atoms with van der Waals surface area (Å²) >= 11 is 1.70. The van der Waals surface area contributed by atoms with Crippen molar-refractivity contribution in [2.45, 2.75) is 4.90 Å². The first-order valence-corrected chi connectivity index (χ1v) is 10.6. The number of hydrogen-bond donors (Lipinski definition) is 0. The summed E-state index contributed by atoms with van der Waals surface area (Å²) in [6.45, 7) is 0. The van der Waals surface area contributed by atoms with Crippen LogP contribution in [-0.4, -0.2) is 10.8 Å². The van der Waals surface area contributed by atoms with E-state index in [1.165, 1.54) is 0 Å². The first-order valence-electron chi connectivity index (χ1n) is 9.41. The van der Waals surface area contributed by atoms with Crippen molar-refractivity contribution in [2.75, 3.05) is 6.26 Å². The highest BCUT2D eigenvalue weighted by molar-refractivity contribution is 7.98. The molecule has 0 saturated carbocycles. The minimum Gasteiger partial charge on any atom is -0.455 e. The highest BCUT2D eigenvalue weighted by atomic mass is 32.2. The van der Waals surface area contributed by atoms with E-state index in [0.717, 1.165) is 43.7 Å². The number of pyridine rings is 1. The van der Waals surface area contributed by atoms with Crippen molar-refractivity contribution in [1.82, 2.24) is 4.57 Å². The molecule has 0 N–H and O–H groups in total.